The van der Waals surface area contributed by atoms with Crippen molar-refractivity contribution in [2.45, 2.75) is 27.2 Å². The first-order chi connectivity index (χ1) is 5.09. The zero-order valence-electron chi connectivity index (χ0n) is 7.53. The second kappa shape index (κ2) is 2.68. The Labute approximate surface area is 66.8 Å². The van der Waals surface area contributed by atoms with Crippen molar-refractivity contribution in [1.29, 1.82) is 0 Å². The summed E-state index contributed by atoms with van der Waals surface area (Å²) in [6, 6.07) is 0. The highest BCUT2D eigenvalue weighted by Gasteiger charge is 2.12. The summed E-state index contributed by atoms with van der Waals surface area (Å²) in [6.45, 7) is 5.84. The average molecular weight is 155 g/mol. The zero-order chi connectivity index (χ0) is 8.59. The lowest BCUT2D eigenvalue weighted by molar-refractivity contribution is 0.523. The molecule has 0 radical (unpaired) electrons. The van der Waals surface area contributed by atoms with Crippen LogP contribution in [0.15, 0.2) is 0 Å². The van der Waals surface area contributed by atoms with Gasteiger partial charge in [-0.2, -0.15) is 4.39 Å². The van der Waals surface area contributed by atoms with Gasteiger partial charge in [0.1, 0.15) is 0 Å². The van der Waals surface area contributed by atoms with Gasteiger partial charge in [-0.3, -0.25) is 0 Å². The molecule has 0 saturated heterocycles. The van der Waals surface area contributed by atoms with Crippen LogP contribution < -0.4 is 0 Å². The Kier molecular flexibility index (Phi) is 2.03. The first-order valence-electron chi connectivity index (χ1n) is 3.89. The Morgan fingerprint density at radius 2 is 1.91 bits per heavy atom. The molecule has 0 aliphatic carbocycles. The predicted molar refractivity (Wildman–Crippen MR) is 44.2 cm³/mol. The zero-order valence-corrected chi connectivity index (χ0v) is 7.53. The highest BCUT2D eigenvalue weighted by Crippen LogP contribution is 2.19. The van der Waals surface area contributed by atoms with Crippen molar-refractivity contribution in [3.63, 3.8) is 0 Å². The third-order valence-corrected chi connectivity index (χ3v) is 2.35. The first-order valence-corrected chi connectivity index (χ1v) is 3.89. The Hall–Kier alpha value is -0.790. The maximum atomic E-state index is 13.2. The minimum Gasteiger partial charge on any atom is -0.325 e. The summed E-state index contributed by atoms with van der Waals surface area (Å²) in [5, 5.41) is 0. The van der Waals surface area contributed by atoms with Gasteiger partial charge in [-0.15, -0.1) is 0 Å². The van der Waals surface area contributed by atoms with E-state index in [4.69, 9.17) is 0 Å². The quantitative estimate of drug-likeness (QED) is 0.586. The minimum atomic E-state index is -0.0978. The van der Waals surface area contributed by atoms with Gasteiger partial charge in [0.05, 0.1) is 0 Å². The molecule has 0 atom stereocenters. The number of aromatic nitrogens is 1. The van der Waals surface area contributed by atoms with Crippen molar-refractivity contribution in [2.24, 2.45) is 7.05 Å². The summed E-state index contributed by atoms with van der Waals surface area (Å²) in [7, 11) is 1.76. The molecule has 0 N–H and O–H groups in total. The van der Waals surface area contributed by atoms with E-state index in [0.717, 1.165) is 23.2 Å². The fourth-order valence-electron chi connectivity index (χ4n) is 1.52. The molecular formula is C9H14FN. The first kappa shape index (κ1) is 8.31. The van der Waals surface area contributed by atoms with E-state index >= 15 is 0 Å². The van der Waals surface area contributed by atoms with Gasteiger partial charge < -0.3 is 4.57 Å². The predicted octanol–water partition coefficient (Wildman–Crippen LogP) is 2.34. The van der Waals surface area contributed by atoms with Crippen LogP contribution in [0.3, 0.4) is 0 Å². The lowest BCUT2D eigenvalue weighted by Gasteiger charge is -1.97. The molecule has 1 rings (SSSR count). The summed E-state index contributed by atoms with van der Waals surface area (Å²) in [6.07, 6.45) is 0.912. The van der Waals surface area contributed by atoms with Crippen LogP contribution in [-0.2, 0) is 13.5 Å². The van der Waals surface area contributed by atoms with Crippen LogP contribution in [0.4, 0.5) is 4.39 Å². The van der Waals surface area contributed by atoms with Gasteiger partial charge in [0.25, 0.3) is 0 Å². The van der Waals surface area contributed by atoms with Crippen molar-refractivity contribution < 1.29 is 4.39 Å². The second-order valence-electron chi connectivity index (χ2n) is 2.89. The smallest absolute Gasteiger partial charge is 0.196 e. The number of rotatable bonds is 1. The Morgan fingerprint density at radius 1 is 1.36 bits per heavy atom. The van der Waals surface area contributed by atoms with Crippen molar-refractivity contribution >= 4 is 0 Å². The Morgan fingerprint density at radius 3 is 2.09 bits per heavy atom. The van der Waals surface area contributed by atoms with Crippen LogP contribution in [-0.4, -0.2) is 4.57 Å². The molecule has 2 heteroatoms. The van der Waals surface area contributed by atoms with Crippen LogP contribution in [0.1, 0.15) is 23.7 Å². The van der Waals surface area contributed by atoms with Crippen molar-refractivity contribution in [3.05, 3.63) is 22.8 Å². The number of nitrogens with zero attached hydrogens (tertiary/aromatic N) is 1. The molecule has 1 aromatic rings. The SMILES string of the molecule is CCc1c(C)c(F)n(C)c1C. The van der Waals surface area contributed by atoms with E-state index in [1.54, 1.807) is 11.6 Å². The van der Waals surface area contributed by atoms with Crippen molar-refractivity contribution in [1.82, 2.24) is 4.57 Å². The molecule has 0 aliphatic rings. The van der Waals surface area contributed by atoms with Gasteiger partial charge in [-0.1, -0.05) is 6.92 Å². The highest BCUT2D eigenvalue weighted by atomic mass is 19.1. The van der Waals surface area contributed by atoms with E-state index in [0.29, 0.717) is 0 Å². The molecule has 1 aromatic heterocycles. The number of hydrogen-bond donors (Lipinski definition) is 0. The van der Waals surface area contributed by atoms with Crippen molar-refractivity contribution in [3.8, 4) is 0 Å². The van der Waals surface area contributed by atoms with Crippen LogP contribution in [0.2, 0.25) is 0 Å². The Bertz CT molecular complexity index is 248. The molecule has 0 aromatic carbocycles. The second-order valence-corrected chi connectivity index (χ2v) is 2.89. The number of halogens is 1. The summed E-state index contributed by atoms with van der Waals surface area (Å²) >= 11 is 0. The standard InChI is InChI=1S/C9H14FN/c1-5-8-6(2)9(10)11(4)7(8)3/h5H2,1-4H3. The van der Waals surface area contributed by atoms with Crippen LogP contribution in [0, 0.1) is 19.8 Å². The van der Waals surface area contributed by atoms with E-state index in [1.807, 2.05) is 13.8 Å². The molecule has 11 heavy (non-hydrogen) atoms. The molecule has 62 valence electrons. The molecule has 0 amide bonds. The monoisotopic (exact) mass is 155 g/mol. The molecular weight excluding hydrogens is 141 g/mol. The molecule has 0 unspecified atom stereocenters. The van der Waals surface area contributed by atoms with E-state index in [1.165, 1.54) is 0 Å². The van der Waals surface area contributed by atoms with Gasteiger partial charge in [0.2, 0.25) is 0 Å². The normalized spacial score (nSPS) is 10.6. The topological polar surface area (TPSA) is 4.93 Å². The molecule has 0 aliphatic heterocycles. The maximum absolute atomic E-state index is 13.2. The molecule has 0 saturated carbocycles. The molecule has 1 heterocycles. The highest BCUT2D eigenvalue weighted by molar-refractivity contribution is 5.31. The molecule has 1 nitrogen and oxygen atoms in total. The van der Waals surface area contributed by atoms with E-state index in [9.17, 15) is 4.39 Å². The van der Waals surface area contributed by atoms with Gasteiger partial charge in [-0.25, -0.2) is 0 Å². The van der Waals surface area contributed by atoms with E-state index in [2.05, 4.69) is 6.92 Å². The van der Waals surface area contributed by atoms with Gasteiger partial charge >= 0.3 is 0 Å². The van der Waals surface area contributed by atoms with Gasteiger partial charge in [0.15, 0.2) is 5.95 Å². The molecule has 0 spiro atoms. The lowest BCUT2D eigenvalue weighted by Crippen LogP contribution is -1.94. The Balaban J connectivity index is 3.36. The van der Waals surface area contributed by atoms with Gasteiger partial charge in [0, 0.05) is 18.3 Å². The molecule has 0 bridgehead atoms. The van der Waals surface area contributed by atoms with E-state index in [-0.39, 0.29) is 5.95 Å². The third-order valence-electron chi connectivity index (χ3n) is 2.35. The van der Waals surface area contributed by atoms with E-state index < -0.39 is 0 Å². The minimum absolute atomic E-state index is 0.0978. The average Bonchev–Trinajstić information content (AvgIpc) is 2.17. The summed E-state index contributed by atoms with van der Waals surface area (Å²) in [5.74, 6) is -0.0978. The van der Waals surface area contributed by atoms with Crippen LogP contribution >= 0.6 is 0 Å². The number of hydrogen-bond acceptors (Lipinski definition) is 0. The van der Waals surface area contributed by atoms with Crippen molar-refractivity contribution in [2.75, 3.05) is 0 Å². The van der Waals surface area contributed by atoms with Crippen LogP contribution in [0.5, 0.6) is 0 Å². The molecule has 0 fully saturated rings. The fraction of sp³-hybridized carbons (Fsp3) is 0.556. The lowest BCUT2D eigenvalue weighted by atomic mass is 10.1. The maximum Gasteiger partial charge on any atom is 0.196 e. The van der Waals surface area contributed by atoms with Crippen LogP contribution in [0.25, 0.3) is 0 Å². The summed E-state index contributed by atoms with van der Waals surface area (Å²) in [4.78, 5) is 0. The third kappa shape index (κ3) is 1.06. The van der Waals surface area contributed by atoms with Gasteiger partial charge in [-0.05, 0) is 25.8 Å². The fourth-order valence-corrected chi connectivity index (χ4v) is 1.52. The summed E-state index contributed by atoms with van der Waals surface area (Å²) < 4.78 is 14.8. The summed E-state index contributed by atoms with van der Waals surface area (Å²) in [5.41, 5.74) is 2.99. The largest absolute Gasteiger partial charge is 0.325 e.